The van der Waals surface area contributed by atoms with Gasteiger partial charge in [-0.05, 0) is 31.1 Å². The molecular weight excluding hydrogens is 298 g/mol. The number of carbonyl (C=O) groups is 1. The van der Waals surface area contributed by atoms with Gasteiger partial charge in [0.1, 0.15) is 0 Å². The highest BCUT2D eigenvalue weighted by Gasteiger charge is 2.18. The average molecular weight is 336 g/mol. The van der Waals surface area contributed by atoms with Crippen molar-refractivity contribution >= 4 is 11.9 Å². The fraction of sp³-hybridized carbons (Fsp3) is 0.900. The van der Waals surface area contributed by atoms with Crippen molar-refractivity contribution in [2.24, 2.45) is 11.8 Å². The minimum Gasteiger partial charge on any atom is -0.356 e. The zero-order valence-corrected chi connectivity index (χ0v) is 15.6. The Morgan fingerprint density at radius 1 is 0.958 bits per heavy atom. The first-order valence-electron chi connectivity index (χ1n) is 10.3. The molecule has 0 aliphatic heterocycles. The molecule has 0 aromatic heterocycles. The van der Waals surface area contributed by atoms with Crippen molar-refractivity contribution in [2.75, 3.05) is 13.6 Å². The molecule has 2 aliphatic carbocycles. The fourth-order valence-electron chi connectivity index (χ4n) is 4.29. The summed E-state index contributed by atoms with van der Waals surface area (Å²) in [6.45, 7) is 0.815. The standard InChI is InChI=1S/C20H37N3O/c1-23(19(24)15-14-18-11-6-3-7-12-18)20(21)22-16-8-13-17-9-4-2-5-10-17/h17-18H,2-16H2,1H3,(H2,21,22). The summed E-state index contributed by atoms with van der Waals surface area (Å²) < 4.78 is 0. The van der Waals surface area contributed by atoms with E-state index in [1.807, 2.05) is 0 Å². The molecular formula is C20H37N3O. The van der Waals surface area contributed by atoms with E-state index in [0.717, 1.165) is 31.2 Å². The third kappa shape index (κ3) is 6.82. The molecule has 4 heteroatoms. The molecule has 0 atom stereocenters. The molecule has 4 nitrogen and oxygen atoms in total. The Hall–Kier alpha value is -1.06. The van der Waals surface area contributed by atoms with E-state index in [1.165, 1.54) is 75.5 Å². The summed E-state index contributed by atoms with van der Waals surface area (Å²) in [7, 11) is 1.74. The highest BCUT2D eigenvalue weighted by Crippen LogP contribution is 2.28. The molecule has 2 fully saturated rings. The molecule has 24 heavy (non-hydrogen) atoms. The maximum atomic E-state index is 12.3. The van der Waals surface area contributed by atoms with Crippen molar-refractivity contribution in [2.45, 2.75) is 89.9 Å². The third-order valence-corrected chi connectivity index (χ3v) is 6.01. The topological polar surface area (TPSA) is 56.2 Å². The number of hydrogen-bond acceptors (Lipinski definition) is 2. The van der Waals surface area contributed by atoms with E-state index in [-0.39, 0.29) is 11.9 Å². The SMILES string of the molecule is CN(C(=N)NCCCC1CCCCC1)C(=O)CCC1CCCCC1. The van der Waals surface area contributed by atoms with E-state index in [4.69, 9.17) is 5.41 Å². The summed E-state index contributed by atoms with van der Waals surface area (Å²) in [6.07, 6.45) is 17.5. The summed E-state index contributed by atoms with van der Waals surface area (Å²) in [4.78, 5) is 13.8. The van der Waals surface area contributed by atoms with Crippen LogP contribution in [0.4, 0.5) is 0 Å². The lowest BCUT2D eigenvalue weighted by Gasteiger charge is -2.24. The van der Waals surface area contributed by atoms with Crippen LogP contribution in [0.5, 0.6) is 0 Å². The fourth-order valence-corrected chi connectivity index (χ4v) is 4.29. The number of hydrogen-bond donors (Lipinski definition) is 2. The van der Waals surface area contributed by atoms with Crippen molar-refractivity contribution in [3.63, 3.8) is 0 Å². The van der Waals surface area contributed by atoms with E-state index in [2.05, 4.69) is 5.32 Å². The van der Waals surface area contributed by atoms with E-state index >= 15 is 0 Å². The lowest BCUT2D eigenvalue weighted by atomic mass is 9.86. The van der Waals surface area contributed by atoms with Gasteiger partial charge in [-0.25, -0.2) is 0 Å². The van der Waals surface area contributed by atoms with Crippen molar-refractivity contribution in [1.82, 2.24) is 10.2 Å². The molecule has 2 aliphatic rings. The van der Waals surface area contributed by atoms with Crippen LogP contribution in [0.25, 0.3) is 0 Å². The molecule has 2 rings (SSSR count). The van der Waals surface area contributed by atoms with E-state index in [9.17, 15) is 4.79 Å². The molecule has 0 bridgehead atoms. The van der Waals surface area contributed by atoms with Gasteiger partial charge in [0.05, 0.1) is 0 Å². The summed E-state index contributed by atoms with van der Waals surface area (Å²) >= 11 is 0. The predicted octanol–water partition coefficient (Wildman–Crippen LogP) is 4.69. The number of rotatable bonds is 7. The highest BCUT2D eigenvalue weighted by atomic mass is 16.2. The first kappa shape index (κ1) is 19.3. The van der Waals surface area contributed by atoms with Gasteiger partial charge in [-0.2, -0.15) is 0 Å². The van der Waals surface area contributed by atoms with Crippen molar-refractivity contribution in [1.29, 1.82) is 5.41 Å². The number of nitrogens with one attached hydrogen (secondary N) is 2. The molecule has 0 heterocycles. The van der Waals surface area contributed by atoms with Gasteiger partial charge < -0.3 is 5.32 Å². The number of carbonyl (C=O) groups excluding carboxylic acids is 1. The van der Waals surface area contributed by atoms with Crippen LogP contribution in [-0.2, 0) is 4.79 Å². The minimum atomic E-state index is 0.0883. The number of nitrogens with zero attached hydrogens (tertiary/aromatic N) is 1. The predicted molar refractivity (Wildman–Crippen MR) is 100 cm³/mol. The van der Waals surface area contributed by atoms with Gasteiger partial charge in [-0.1, -0.05) is 64.2 Å². The Labute approximate surface area is 148 Å². The van der Waals surface area contributed by atoms with Gasteiger partial charge in [0.15, 0.2) is 5.96 Å². The molecule has 1 amide bonds. The van der Waals surface area contributed by atoms with Crippen molar-refractivity contribution in [3.8, 4) is 0 Å². The maximum Gasteiger partial charge on any atom is 0.229 e. The Kier molecular flexibility index (Phi) is 8.62. The zero-order valence-electron chi connectivity index (χ0n) is 15.6. The van der Waals surface area contributed by atoms with Crippen LogP contribution < -0.4 is 5.32 Å². The molecule has 0 spiro atoms. The lowest BCUT2D eigenvalue weighted by Crippen LogP contribution is -2.42. The highest BCUT2D eigenvalue weighted by molar-refractivity contribution is 5.95. The van der Waals surface area contributed by atoms with E-state index < -0.39 is 0 Å². The van der Waals surface area contributed by atoms with Crippen LogP contribution in [-0.4, -0.2) is 30.4 Å². The van der Waals surface area contributed by atoms with Crippen LogP contribution in [0.2, 0.25) is 0 Å². The van der Waals surface area contributed by atoms with Crippen LogP contribution in [0.3, 0.4) is 0 Å². The second kappa shape index (κ2) is 10.7. The van der Waals surface area contributed by atoms with Gasteiger partial charge in [-0.15, -0.1) is 0 Å². The van der Waals surface area contributed by atoms with Gasteiger partial charge in [0.2, 0.25) is 5.91 Å². The summed E-state index contributed by atoms with van der Waals surface area (Å²) in [6, 6.07) is 0. The molecule has 0 unspecified atom stereocenters. The Morgan fingerprint density at radius 3 is 2.08 bits per heavy atom. The molecule has 0 aromatic carbocycles. The second-order valence-corrected chi connectivity index (χ2v) is 7.92. The number of amides is 1. The average Bonchev–Trinajstić information content (AvgIpc) is 2.64. The van der Waals surface area contributed by atoms with E-state index in [1.54, 1.807) is 7.05 Å². The number of guanidine groups is 1. The van der Waals surface area contributed by atoms with Gasteiger partial charge in [0.25, 0.3) is 0 Å². The molecule has 2 saturated carbocycles. The first-order valence-corrected chi connectivity index (χ1v) is 10.3. The smallest absolute Gasteiger partial charge is 0.229 e. The molecule has 2 N–H and O–H groups in total. The van der Waals surface area contributed by atoms with Gasteiger partial charge >= 0.3 is 0 Å². The summed E-state index contributed by atoms with van der Waals surface area (Å²) in [5, 5.41) is 11.2. The summed E-state index contributed by atoms with van der Waals surface area (Å²) in [5.74, 6) is 1.98. The lowest BCUT2D eigenvalue weighted by molar-refractivity contribution is -0.126. The van der Waals surface area contributed by atoms with Crippen LogP contribution in [0, 0.1) is 17.2 Å². The van der Waals surface area contributed by atoms with Crippen LogP contribution in [0.1, 0.15) is 89.9 Å². The third-order valence-electron chi connectivity index (χ3n) is 6.01. The van der Waals surface area contributed by atoms with Gasteiger partial charge in [-0.3, -0.25) is 15.1 Å². The molecule has 138 valence electrons. The Bertz CT molecular complexity index is 384. The first-order chi connectivity index (χ1) is 11.7. The maximum absolute atomic E-state index is 12.3. The van der Waals surface area contributed by atoms with Gasteiger partial charge in [0, 0.05) is 20.0 Å². The normalized spacial score (nSPS) is 19.9. The van der Waals surface area contributed by atoms with Crippen LogP contribution >= 0.6 is 0 Å². The quantitative estimate of drug-likeness (QED) is 0.403. The molecule has 0 saturated heterocycles. The monoisotopic (exact) mass is 335 g/mol. The molecule has 0 aromatic rings. The minimum absolute atomic E-state index is 0.0883. The largest absolute Gasteiger partial charge is 0.356 e. The summed E-state index contributed by atoms with van der Waals surface area (Å²) in [5.41, 5.74) is 0. The van der Waals surface area contributed by atoms with E-state index in [0.29, 0.717) is 6.42 Å². The zero-order chi connectivity index (χ0) is 17.2. The second-order valence-electron chi connectivity index (χ2n) is 7.92. The van der Waals surface area contributed by atoms with Crippen molar-refractivity contribution < 1.29 is 4.79 Å². The van der Waals surface area contributed by atoms with Crippen LogP contribution in [0.15, 0.2) is 0 Å². The van der Waals surface area contributed by atoms with Crippen molar-refractivity contribution in [3.05, 3.63) is 0 Å². The molecule has 0 radical (unpaired) electrons. The Balaban J connectivity index is 1.55. The Morgan fingerprint density at radius 2 is 1.50 bits per heavy atom.